The Kier molecular flexibility index (Phi) is 4.59. The molecule has 6 heteroatoms. The van der Waals surface area contributed by atoms with Gasteiger partial charge in [0, 0.05) is 11.3 Å². The molecule has 0 radical (unpaired) electrons. The van der Waals surface area contributed by atoms with Crippen LogP contribution >= 0.6 is 11.3 Å². The first-order chi connectivity index (χ1) is 12.6. The quantitative estimate of drug-likeness (QED) is 0.715. The van der Waals surface area contributed by atoms with Gasteiger partial charge in [-0.2, -0.15) is 0 Å². The second-order valence-corrected chi connectivity index (χ2v) is 8.06. The summed E-state index contributed by atoms with van der Waals surface area (Å²) in [4.78, 5) is 23.0. The summed E-state index contributed by atoms with van der Waals surface area (Å²) in [5.41, 5.74) is 2.29. The van der Waals surface area contributed by atoms with Crippen molar-refractivity contribution in [3.63, 3.8) is 0 Å². The summed E-state index contributed by atoms with van der Waals surface area (Å²) in [6.07, 6.45) is 5.17. The normalized spacial score (nSPS) is 17.7. The summed E-state index contributed by atoms with van der Waals surface area (Å²) in [7, 11) is 0. The van der Waals surface area contributed by atoms with Gasteiger partial charge in [-0.3, -0.25) is 0 Å². The summed E-state index contributed by atoms with van der Waals surface area (Å²) < 4.78 is 0. The highest BCUT2D eigenvalue weighted by Gasteiger charge is 2.25. The Morgan fingerprint density at radius 2 is 2.15 bits per heavy atom. The molecule has 0 fully saturated rings. The Morgan fingerprint density at radius 3 is 2.92 bits per heavy atom. The molecule has 0 spiro atoms. The first-order valence-corrected chi connectivity index (χ1v) is 9.72. The lowest BCUT2D eigenvalue weighted by molar-refractivity contribution is -0.137. The highest BCUT2D eigenvalue weighted by Crippen LogP contribution is 2.39. The van der Waals surface area contributed by atoms with E-state index >= 15 is 0 Å². The molecule has 1 aliphatic rings. The number of aryl methyl sites for hydroxylation is 1. The van der Waals surface area contributed by atoms with Gasteiger partial charge in [0.15, 0.2) is 0 Å². The fourth-order valence-electron chi connectivity index (χ4n) is 3.60. The minimum Gasteiger partial charge on any atom is -0.480 e. The maximum atomic E-state index is 11.8. The number of carbonyl (C=O) groups is 1. The van der Waals surface area contributed by atoms with Gasteiger partial charge in [0.1, 0.15) is 23.0 Å². The zero-order valence-electron chi connectivity index (χ0n) is 14.6. The van der Waals surface area contributed by atoms with Crippen molar-refractivity contribution in [3.8, 4) is 0 Å². The number of rotatable bonds is 5. The van der Waals surface area contributed by atoms with Crippen LogP contribution in [0.4, 0.5) is 5.82 Å². The molecule has 0 aliphatic heterocycles. The second-order valence-electron chi connectivity index (χ2n) is 6.98. The molecular weight excluding hydrogens is 346 g/mol. The number of carboxylic acid groups (broad SMARTS) is 1. The van der Waals surface area contributed by atoms with Gasteiger partial charge in [-0.05, 0) is 36.3 Å². The predicted octanol–water partition coefficient (Wildman–Crippen LogP) is 3.92. The van der Waals surface area contributed by atoms with Gasteiger partial charge < -0.3 is 10.4 Å². The first-order valence-electron chi connectivity index (χ1n) is 8.90. The van der Waals surface area contributed by atoms with E-state index in [4.69, 9.17) is 0 Å². The highest BCUT2D eigenvalue weighted by molar-refractivity contribution is 7.19. The molecule has 0 saturated carbocycles. The third-order valence-electron chi connectivity index (χ3n) is 4.98. The topological polar surface area (TPSA) is 75.1 Å². The zero-order chi connectivity index (χ0) is 18.1. The summed E-state index contributed by atoms with van der Waals surface area (Å²) in [5.74, 6) is 0.452. The van der Waals surface area contributed by atoms with Gasteiger partial charge in [0.2, 0.25) is 0 Å². The van der Waals surface area contributed by atoms with Crippen molar-refractivity contribution in [3.05, 3.63) is 52.7 Å². The molecule has 1 aliphatic carbocycles. The van der Waals surface area contributed by atoms with E-state index in [0.717, 1.165) is 35.0 Å². The van der Waals surface area contributed by atoms with E-state index in [0.29, 0.717) is 18.2 Å². The van der Waals surface area contributed by atoms with Crippen LogP contribution in [-0.2, 0) is 24.1 Å². The van der Waals surface area contributed by atoms with Gasteiger partial charge in [-0.1, -0.05) is 37.3 Å². The van der Waals surface area contributed by atoms with E-state index in [9.17, 15) is 9.90 Å². The minimum absolute atomic E-state index is 0.408. The number of benzene rings is 1. The predicted molar refractivity (Wildman–Crippen MR) is 104 cm³/mol. The molecule has 134 valence electrons. The fourth-order valence-corrected chi connectivity index (χ4v) is 4.95. The molecule has 4 rings (SSSR count). The van der Waals surface area contributed by atoms with Crippen molar-refractivity contribution in [1.82, 2.24) is 9.97 Å². The minimum atomic E-state index is -0.877. The number of hydrogen-bond donors (Lipinski definition) is 2. The summed E-state index contributed by atoms with van der Waals surface area (Å²) in [6, 6.07) is 8.94. The molecular formula is C20H21N3O2S. The van der Waals surface area contributed by atoms with Crippen LogP contribution in [0.1, 0.15) is 29.3 Å². The second kappa shape index (κ2) is 7.03. The molecule has 2 aromatic heterocycles. The SMILES string of the molecule is CC1CCc2c(sc3ncnc(NC(Cc4ccccc4)C(=O)O)c23)C1. The van der Waals surface area contributed by atoms with Crippen LogP contribution in [0.25, 0.3) is 10.2 Å². The van der Waals surface area contributed by atoms with Crippen LogP contribution < -0.4 is 5.32 Å². The van der Waals surface area contributed by atoms with Crippen LogP contribution in [0.5, 0.6) is 0 Å². The van der Waals surface area contributed by atoms with Gasteiger partial charge in [0.05, 0.1) is 5.39 Å². The van der Waals surface area contributed by atoms with Gasteiger partial charge in [0.25, 0.3) is 0 Å². The van der Waals surface area contributed by atoms with Crippen molar-refractivity contribution in [2.75, 3.05) is 5.32 Å². The van der Waals surface area contributed by atoms with Gasteiger partial charge in [-0.25, -0.2) is 14.8 Å². The molecule has 0 amide bonds. The lowest BCUT2D eigenvalue weighted by Gasteiger charge is -2.19. The highest BCUT2D eigenvalue weighted by atomic mass is 32.1. The van der Waals surface area contributed by atoms with E-state index in [-0.39, 0.29) is 0 Å². The molecule has 2 N–H and O–H groups in total. The molecule has 1 aromatic carbocycles. The molecule has 3 aromatic rings. The van der Waals surface area contributed by atoms with Crippen molar-refractivity contribution in [1.29, 1.82) is 0 Å². The fraction of sp³-hybridized carbons (Fsp3) is 0.350. The van der Waals surface area contributed by atoms with E-state index < -0.39 is 12.0 Å². The van der Waals surface area contributed by atoms with Gasteiger partial charge in [-0.15, -0.1) is 11.3 Å². The van der Waals surface area contributed by atoms with Gasteiger partial charge >= 0.3 is 5.97 Å². The molecule has 2 atom stereocenters. The molecule has 0 saturated heterocycles. The third-order valence-corrected chi connectivity index (χ3v) is 6.15. The Labute approximate surface area is 156 Å². The molecule has 2 unspecified atom stereocenters. The maximum absolute atomic E-state index is 11.8. The average molecular weight is 367 g/mol. The first kappa shape index (κ1) is 17.0. The standard InChI is InChI=1S/C20H21N3O2S/c1-12-7-8-14-16(9-12)26-19-17(14)18(21-11-22-19)23-15(20(24)25)10-13-5-3-2-4-6-13/h2-6,11-12,15H,7-10H2,1H3,(H,24,25)(H,21,22,23). The third kappa shape index (κ3) is 3.29. The molecule has 5 nitrogen and oxygen atoms in total. The van der Waals surface area contributed by atoms with Crippen LogP contribution in [-0.4, -0.2) is 27.1 Å². The Bertz CT molecular complexity index is 939. The van der Waals surface area contributed by atoms with Crippen molar-refractivity contribution < 1.29 is 9.90 Å². The number of carboxylic acids is 1. The number of hydrogen-bond acceptors (Lipinski definition) is 5. The Balaban J connectivity index is 1.68. The lowest BCUT2D eigenvalue weighted by atomic mass is 9.89. The summed E-state index contributed by atoms with van der Waals surface area (Å²) >= 11 is 1.72. The number of nitrogens with zero attached hydrogens (tertiary/aromatic N) is 2. The average Bonchev–Trinajstić information content (AvgIpc) is 3.00. The van der Waals surface area contributed by atoms with Crippen molar-refractivity contribution in [2.24, 2.45) is 5.92 Å². The van der Waals surface area contributed by atoms with Crippen LogP contribution in [0.2, 0.25) is 0 Å². The molecule has 0 bridgehead atoms. The number of nitrogens with one attached hydrogen (secondary N) is 1. The van der Waals surface area contributed by atoms with Crippen LogP contribution in [0.15, 0.2) is 36.7 Å². The van der Waals surface area contributed by atoms with Crippen LogP contribution in [0.3, 0.4) is 0 Å². The lowest BCUT2D eigenvalue weighted by Crippen LogP contribution is -2.32. The largest absolute Gasteiger partial charge is 0.480 e. The number of anilines is 1. The molecule has 2 heterocycles. The number of thiophene rings is 1. The van der Waals surface area contributed by atoms with E-state index in [2.05, 4.69) is 22.2 Å². The Morgan fingerprint density at radius 1 is 1.35 bits per heavy atom. The van der Waals surface area contributed by atoms with Crippen molar-refractivity contribution in [2.45, 2.75) is 38.6 Å². The van der Waals surface area contributed by atoms with Crippen LogP contribution in [0, 0.1) is 5.92 Å². The maximum Gasteiger partial charge on any atom is 0.326 e. The van der Waals surface area contributed by atoms with E-state index in [1.165, 1.54) is 16.8 Å². The monoisotopic (exact) mass is 367 g/mol. The van der Waals surface area contributed by atoms with Crippen molar-refractivity contribution >= 4 is 33.3 Å². The number of aliphatic carboxylic acids is 1. The summed E-state index contributed by atoms with van der Waals surface area (Å²) in [6.45, 7) is 2.28. The number of fused-ring (bicyclic) bond motifs is 3. The smallest absolute Gasteiger partial charge is 0.326 e. The summed E-state index contributed by atoms with van der Waals surface area (Å²) in [5, 5.41) is 13.9. The van der Waals surface area contributed by atoms with E-state index in [1.807, 2.05) is 30.3 Å². The van der Waals surface area contributed by atoms with E-state index in [1.54, 1.807) is 11.3 Å². The number of aromatic nitrogens is 2. The molecule has 26 heavy (non-hydrogen) atoms. The Hall–Kier alpha value is -2.47. The zero-order valence-corrected chi connectivity index (χ0v) is 15.4.